The average Bonchev–Trinajstić information content (AvgIpc) is 3.12. The molecule has 8 heteroatoms. The molecule has 2 aromatic carbocycles. The van der Waals surface area contributed by atoms with Gasteiger partial charge in [0, 0.05) is 38.9 Å². The van der Waals surface area contributed by atoms with E-state index in [0.29, 0.717) is 39.9 Å². The Kier molecular flexibility index (Phi) is 4.89. The van der Waals surface area contributed by atoms with Gasteiger partial charge in [0.2, 0.25) is 0 Å². The highest BCUT2D eigenvalue weighted by molar-refractivity contribution is 14.1. The normalized spacial score (nSPS) is 14.3. The lowest BCUT2D eigenvalue weighted by Gasteiger charge is -2.01. The van der Waals surface area contributed by atoms with Gasteiger partial charge < -0.3 is 16.4 Å². The van der Waals surface area contributed by atoms with E-state index in [-0.39, 0.29) is 11.8 Å². The third kappa shape index (κ3) is 3.05. The Labute approximate surface area is 162 Å². The summed E-state index contributed by atoms with van der Waals surface area (Å²) in [5.74, 6) is -0.102. The van der Waals surface area contributed by atoms with E-state index in [1.165, 1.54) is 0 Å². The molecule has 24 heavy (non-hydrogen) atoms. The van der Waals surface area contributed by atoms with Crippen LogP contribution < -0.4 is 16.4 Å². The molecule has 4 N–H and O–H groups in total. The van der Waals surface area contributed by atoms with Gasteiger partial charge in [0.25, 0.3) is 11.8 Å². The summed E-state index contributed by atoms with van der Waals surface area (Å²) in [5.41, 5.74) is 9.16. The molecular formula is C16H12Cl2IN3O2. The minimum atomic E-state index is -0.0769. The third-order valence-electron chi connectivity index (χ3n) is 3.81. The van der Waals surface area contributed by atoms with Crippen LogP contribution in [0.5, 0.6) is 0 Å². The maximum atomic E-state index is 11.2. The smallest absolute Gasteiger partial charge is 0.251 e. The average molecular weight is 476 g/mol. The highest BCUT2D eigenvalue weighted by atomic mass is 127. The number of hydrogen-bond donors (Lipinski definition) is 3. The largest absolute Gasteiger partial charge is 0.398 e. The predicted molar refractivity (Wildman–Crippen MR) is 102 cm³/mol. The number of nitrogen functional groups attached to an aromatic ring is 1. The molecule has 4 rings (SSSR count). The lowest BCUT2D eigenvalue weighted by molar-refractivity contribution is 0.0957. The molecule has 0 spiro atoms. The summed E-state index contributed by atoms with van der Waals surface area (Å²) in [6.07, 6.45) is 0. The van der Waals surface area contributed by atoms with Gasteiger partial charge in [0.15, 0.2) is 0 Å². The van der Waals surface area contributed by atoms with Crippen molar-refractivity contribution in [2.24, 2.45) is 0 Å². The van der Waals surface area contributed by atoms with E-state index >= 15 is 0 Å². The van der Waals surface area contributed by atoms with Gasteiger partial charge in [-0.2, -0.15) is 0 Å². The fourth-order valence-corrected chi connectivity index (χ4v) is 3.50. The molecule has 0 saturated heterocycles. The first kappa shape index (κ1) is 17.3. The van der Waals surface area contributed by atoms with Crippen molar-refractivity contribution in [1.82, 2.24) is 10.6 Å². The van der Waals surface area contributed by atoms with Gasteiger partial charge >= 0.3 is 0 Å². The zero-order valence-corrected chi connectivity index (χ0v) is 15.9. The molecule has 2 aromatic rings. The molecule has 0 unspecified atom stereocenters. The summed E-state index contributed by atoms with van der Waals surface area (Å²) in [5, 5.41) is 6.59. The quantitative estimate of drug-likeness (QED) is 0.403. The molecule has 0 fully saturated rings. The maximum absolute atomic E-state index is 11.2. The minimum absolute atomic E-state index is 0.0247. The predicted octanol–water partition coefficient (Wildman–Crippen LogP) is 3.35. The Morgan fingerprint density at radius 2 is 1.38 bits per heavy atom. The Hall–Kier alpha value is -1.51. The highest BCUT2D eigenvalue weighted by Gasteiger charge is 2.22. The second-order valence-electron chi connectivity index (χ2n) is 5.25. The number of anilines is 1. The van der Waals surface area contributed by atoms with Crippen molar-refractivity contribution in [2.45, 2.75) is 13.1 Å². The summed E-state index contributed by atoms with van der Waals surface area (Å²) in [7, 11) is 0. The Morgan fingerprint density at radius 1 is 0.875 bits per heavy atom. The molecule has 124 valence electrons. The zero-order valence-electron chi connectivity index (χ0n) is 12.3. The van der Waals surface area contributed by atoms with Gasteiger partial charge in [0.1, 0.15) is 0 Å². The van der Waals surface area contributed by atoms with Gasteiger partial charge in [-0.3, -0.25) is 9.59 Å². The molecule has 0 bridgehead atoms. The van der Waals surface area contributed by atoms with Gasteiger partial charge in [-0.15, -0.1) is 0 Å². The van der Waals surface area contributed by atoms with Crippen LogP contribution in [0, 0.1) is 3.57 Å². The minimum Gasteiger partial charge on any atom is -0.398 e. The SMILES string of the molecule is Nc1ccc2c(c1Cl)CNC2=O.O=C1NCc2c1ccc(I)c2Cl. The lowest BCUT2D eigenvalue weighted by atomic mass is 10.1. The Bertz CT molecular complexity index is 799. The molecule has 0 atom stereocenters. The van der Waals surface area contributed by atoms with Crippen molar-refractivity contribution < 1.29 is 9.59 Å². The van der Waals surface area contributed by atoms with E-state index in [1.807, 2.05) is 12.1 Å². The van der Waals surface area contributed by atoms with Crippen molar-refractivity contribution in [1.29, 1.82) is 0 Å². The summed E-state index contributed by atoms with van der Waals surface area (Å²) in [6, 6.07) is 7.00. The van der Waals surface area contributed by atoms with Crippen molar-refractivity contribution in [3.05, 3.63) is 60.1 Å². The molecule has 2 aliphatic rings. The standard InChI is InChI=1S/C8H5ClINO.C8H7ClN2O/c2*9-7-5-3-11-8(12)4(5)1-2-6(7)10/h1-2H,3H2,(H,11,12);1-2H,3,10H2,(H,11,12). The number of hydrogen-bond acceptors (Lipinski definition) is 3. The van der Waals surface area contributed by atoms with Crippen LogP contribution in [0.2, 0.25) is 10.0 Å². The van der Waals surface area contributed by atoms with E-state index in [2.05, 4.69) is 33.2 Å². The number of carbonyl (C=O) groups is 2. The molecule has 0 radical (unpaired) electrons. The number of nitrogens with two attached hydrogens (primary N) is 1. The van der Waals surface area contributed by atoms with Gasteiger partial charge in [-0.1, -0.05) is 23.2 Å². The fourth-order valence-electron chi connectivity index (χ4n) is 2.53. The van der Waals surface area contributed by atoms with E-state index in [1.54, 1.807) is 12.1 Å². The number of halogens is 3. The van der Waals surface area contributed by atoms with Crippen LogP contribution in [0.4, 0.5) is 5.69 Å². The van der Waals surface area contributed by atoms with Crippen molar-refractivity contribution in [3.63, 3.8) is 0 Å². The van der Waals surface area contributed by atoms with Gasteiger partial charge in [-0.05, 0) is 46.9 Å². The summed E-state index contributed by atoms with van der Waals surface area (Å²) in [6.45, 7) is 1.04. The zero-order chi connectivity index (χ0) is 17.4. The van der Waals surface area contributed by atoms with Gasteiger partial charge in [0.05, 0.1) is 15.7 Å². The van der Waals surface area contributed by atoms with Crippen LogP contribution in [0.15, 0.2) is 24.3 Å². The first-order chi connectivity index (χ1) is 11.4. The van der Waals surface area contributed by atoms with E-state index in [9.17, 15) is 9.59 Å². The molecule has 0 saturated carbocycles. The summed E-state index contributed by atoms with van der Waals surface area (Å²) < 4.78 is 0.990. The van der Waals surface area contributed by atoms with Crippen molar-refractivity contribution in [2.75, 3.05) is 5.73 Å². The van der Waals surface area contributed by atoms with Gasteiger partial charge in [-0.25, -0.2) is 0 Å². The maximum Gasteiger partial charge on any atom is 0.251 e. The highest BCUT2D eigenvalue weighted by Crippen LogP contribution is 2.29. The van der Waals surface area contributed by atoms with Crippen LogP contribution in [0.1, 0.15) is 31.8 Å². The van der Waals surface area contributed by atoms with Crippen LogP contribution in [0.3, 0.4) is 0 Å². The second-order valence-corrected chi connectivity index (χ2v) is 7.17. The lowest BCUT2D eigenvalue weighted by Crippen LogP contribution is -2.12. The number of rotatable bonds is 0. The molecule has 0 aliphatic carbocycles. The molecule has 2 amide bonds. The first-order valence-electron chi connectivity index (χ1n) is 7.00. The Balaban J connectivity index is 0.000000141. The van der Waals surface area contributed by atoms with Crippen LogP contribution in [0.25, 0.3) is 0 Å². The topological polar surface area (TPSA) is 84.2 Å². The second kappa shape index (κ2) is 6.78. The Morgan fingerprint density at radius 3 is 1.96 bits per heavy atom. The van der Waals surface area contributed by atoms with Crippen molar-refractivity contribution in [3.8, 4) is 0 Å². The molecular weight excluding hydrogens is 464 g/mol. The number of amides is 2. The third-order valence-corrected chi connectivity index (χ3v) is 5.91. The number of carbonyl (C=O) groups excluding carboxylic acids is 2. The monoisotopic (exact) mass is 475 g/mol. The van der Waals surface area contributed by atoms with E-state index in [0.717, 1.165) is 14.7 Å². The number of fused-ring (bicyclic) bond motifs is 2. The van der Waals surface area contributed by atoms with E-state index < -0.39 is 0 Å². The van der Waals surface area contributed by atoms with Crippen LogP contribution in [-0.4, -0.2) is 11.8 Å². The van der Waals surface area contributed by atoms with Crippen molar-refractivity contribution >= 4 is 63.3 Å². The van der Waals surface area contributed by atoms with E-state index in [4.69, 9.17) is 28.9 Å². The van der Waals surface area contributed by atoms with Crippen LogP contribution >= 0.6 is 45.8 Å². The summed E-state index contributed by atoms with van der Waals surface area (Å²) >= 11 is 14.0. The number of benzene rings is 2. The molecule has 2 aliphatic heterocycles. The molecule has 2 heterocycles. The molecule has 0 aromatic heterocycles. The first-order valence-corrected chi connectivity index (χ1v) is 8.83. The number of nitrogens with one attached hydrogen (secondary N) is 2. The molecule has 5 nitrogen and oxygen atoms in total. The fraction of sp³-hybridized carbons (Fsp3) is 0.125. The van der Waals surface area contributed by atoms with Crippen LogP contribution in [-0.2, 0) is 13.1 Å². The summed E-state index contributed by atoms with van der Waals surface area (Å²) in [4.78, 5) is 22.3.